The van der Waals surface area contributed by atoms with Crippen LogP contribution in [0.4, 0.5) is 0 Å². The van der Waals surface area contributed by atoms with Crippen LogP contribution < -0.4 is 5.32 Å². The van der Waals surface area contributed by atoms with Gasteiger partial charge in [0.1, 0.15) is 0 Å². The molecule has 2 aromatic carbocycles. The highest BCUT2D eigenvalue weighted by Crippen LogP contribution is 2.18. The average Bonchev–Trinajstić information content (AvgIpc) is 2.74. The molecule has 0 radical (unpaired) electrons. The monoisotopic (exact) mass is 416 g/mol. The number of rotatable bonds is 7. The van der Waals surface area contributed by atoms with Crippen molar-refractivity contribution in [2.24, 2.45) is 0 Å². The number of benzene rings is 2. The summed E-state index contributed by atoms with van der Waals surface area (Å²) in [6.07, 6.45) is 0.744. The van der Waals surface area contributed by atoms with E-state index in [1.165, 1.54) is 27.6 Å². The second kappa shape index (κ2) is 9.52. The summed E-state index contributed by atoms with van der Waals surface area (Å²) in [4.78, 5) is 12.5. The van der Waals surface area contributed by atoms with Crippen LogP contribution in [0.2, 0.25) is 0 Å². The van der Waals surface area contributed by atoms with Gasteiger partial charge in [0.15, 0.2) is 0 Å². The first kappa shape index (κ1) is 21.5. The van der Waals surface area contributed by atoms with Crippen molar-refractivity contribution in [3.05, 3.63) is 65.2 Å². The Labute approximate surface area is 172 Å². The third-order valence-corrected chi connectivity index (χ3v) is 6.98. The lowest BCUT2D eigenvalue weighted by molar-refractivity contribution is 0.0730. The van der Waals surface area contributed by atoms with Gasteiger partial charge in [0.2, 0.25) is 10.0 Å². The molecule has 1 aliphatic rings. The van der Waals surface area contributed by atoms with E-state index in [4.69, 9.17) is 4.74 Å². The smallest absolute Gasteiger partial charge is 0.251 e. The number of hydrogen-bond donors (Lipinski definition) is 1. The second-order valence-corrected chi connectivity index (χ2v) is 9.38. The lowest BCUT2D eigenvalue weighted by Gasteiger charge is -2.26. The Kier molecular flexibility index (Phi) is 7.05. The molecule has 7 heteroatoms. The molecule has 0 aliphatic carbocycles. The van der Waals surface area contributed by atoms with Crippen LogP contribution in [0.25, 0.3) is 0 Å². The molecule has 0 unspecified atom stereocenters. The van der Waals surface area contributed by atoms with E-state index in [0.29, 0.717) is 44.3 Å². The van der Waals surface area contributed by atoms with Crippen molar-refractivity contribution in [2.45, 2.75) is 31.1 Å². The summed E-state index contributed by atoms with van der Waals surface area (Å²) in [5.74, 6) is 0.290. The molecule has 156 valence electrons. The maximum Gasteiger partial charge on any atom is 0.251 e. The van der Waals surface area contributed by atoms with Crippen molar-refractivity contribution >= 4 is 15.9 Å². The molecule has 1 fully saturated rings. The van der Waals surface area contributed by atoms with E-state index in [-0.39, 0.29) is 10.8 Å². The first-order valence-electron chi connectivity index (χ1n) is 9.93. The van der Waals surface area contributed by atoms with Gasteiger partial charge in [-0.2, -0.15) is 4.31 Å². The largest absolute Gasteiger partial charge is 0.379 e. The number of nitrogens with zero attached hydrogens (tertiary/aromatic N) is 1. The summed E-state index contributed by atoms with van der Waals surface area (Å²) >= 11 is 0. The fraction of sp³-hybridized carbons (Fsp3) is 0.409. The molecule has 2 aromatic rings. The molecule has 1 amide bonds. The van der Waals surface area contributed by atoms with Gasteiger partial charge in [0.05, 0.1) is 18.1 Å². The summed E-state index contributed by atoms with van der Waals surface area (Å²) in [6, 6.07) is 14.5. The van der Waals surface area contributed by atoms with Crippen LogP contribution in [0.3, 0.4) is 0 Å². The Morgan fingerprint density at radius 2 is 1.66 bits per heavy atom. The predicted octanol–water partition coefficient (Wildman–Crippen LogP) is 2.80. The zero-order chi connectivity index (χ0) is 20.9. The molecule has 0 spiro atoms. The number of nitrogens with one attached hydrogen (secondary N) is 1. The van der Waals surface area contributed by atoms with Gasteiger partial charge in [-0.3, -0.25) is 4.79 Å². The van der Waals surface area contributed by atoms with E-state index in [0.717, 1.165) is 6.42 Å². The normalized spacial score (nSPS) is 15.4. The Bertz CT molecular complexity index is 916. The summed E-state index contributed by atoms with van der Waals surface area (Å²) in [5, 5.41) is 2.89. The van der Waals surface area contributed by atoms with Gasteiger partial charge in [-0.05, 0) is 47.7 Å². The quantitative estimate of drug-likeness (QED) is 0.753. The van der Waals surface area contributed by atoms with Gasteiger partial charge in [0.25, 0.3) is 5.91 Å². The van der Waals surface area contributed by atoms with Crippen LogP contribution in [0.5, 0.6) is 0 Å². The molecule has 0 aromatic heterocycles. The minimum atomic E-state index is -3.55. The lowest BCUT2D eigenvalue weighted by Crippen LogP contribution is -2.40. The lowest BCUT2D eigenvalue weighted by atomic mass is 10.0. The second-order valence-electron chi connectivity index (χ2n) is 7.44. The molecule has 0 bridgehead atoms. The van der Waals surface area contributed by atoms with Crippen molar-refractivity contribution in [2.75, 3.05) is 32.8 Å². The number of carbonyl (C=O) groups is 1. The number of sulfonamides is 1. The highest BCUT2D eigenvalue weighted by atomic mass is 32.2. The highest BCUT2D eigenvalue weighted by molar-refractivity contribution is 7.89. The summed E-state index contributed by atoms with van der Waals surface area (Å²) in [7, 11) is -3.55. The van der Waals surface area contributed by atoms with Crippen molar-refractivity contribution in [1.82, 2.24) is 9.62 Å². The number of ether oxygens (including phenoxy) is 1. The molecule has 0 saturated carbocycles. The Morgan fingerprint density at radius 1 is 1.03 bits per heavy atom. The fourth-order valence-corrected chi connectivity index (χ4v) is 4.61. The van der Waals surface area contributed by atoms with Gasteiger partial charge >= 0.3 is 0 Å². The van der Waals surface area contributed by atoms with Crippen molar-refractivity contribution in [3.63, 3.8) is 0 Å². The third kappa shape index (κ3) is 5.44. The fourth-order valence-electron chi connectivity index (χ4n) is 3.21. The van der Waals surface area contributed by atoms with E-state index in [2.05, 4.69) is 43.4 Å². The van der Waals surface area contributed by atoms with Crippen molar-refractivity contribution in [1.29, 1.82) is 0 Å². The number of amides is 1. The summed E-state index contributed by atoms with van der Waals surface area (Å²) in [5.41, 5.74) is 2.91. The summed E-state index contributed by atoms with van der Waals surface area (Å²) in [6.45, 7) is 6.35. The van der Waals surface area contributed by atoms with Crippen LogP contribution in [0.15, 0.2) is 53.4 Å². The summed E-state index contributed by atoms with van der Waals surface area (Å²) < 4.78 is 31.9. The van der Waals surface area contributed by atoms with E-state index in [9.17, 15) is 13.2 Å². The SMILES string of the molecule is CC(C)c1ccc(CCNC(=O)c2ccc(S(=O)(=O)N3CCOCC3)cc2)cc1. The maximum absolute atomic E-state index is 12.6. The first-order chi connectivity index (χ1) is 13.9. The van der Waals surface area contributed by atoms with Gasteiger partial charge in [-0.15, -0.1) is 0 Å². The van der Waals surface area contributed by atoms with E-state index < -0.39 is 10.0 Å². The molecule has 6 nitrogen and oxygen atoms in total. The van der Waals surface area contributed by atoms with E-state index >= 15 is 0 Å². The molecule has 0 atom stereocenters. The standard InChI is InChI=1S/C22H28N2O4S/c1-17(2)19-5-3-18(4-6-19)11-12-23-22(25)20-7-9-21(10-8-20)29(26,27)24-13-15-28-16-14-24/h3-10,17H,11-16H2,1-2H3,(H,23,25). The topological polar surface area (TPSA) is 75.7 Å². The molecule has 3 rings (SSSR count). The van der Waals surface area contributed by atoms with Crippen LogP contribution >= 0.6 is 0 Å². The maximum atomic E-state index is 12.6. The van der Waals surface area contributed by atoms with Gasteiger partial charge in [-0.1, -0.05) is 38.1 Å². The molecule has 29 heavy (non-hydrogen) atoms. The average molecular weight is 417 g/mol. The number of carbonyl (C=O) groups excluding carboxylic acids is 1. The Morgan fingerprint density at radius 3 is 2.24 bits per heavy atom. The minimum Gasteiger partial charge on any atom is -0.379 e. The molecular weight excluding hydrogens is 388 g/mol. The predicted molar refractivity (Wildman–Crippen MR) is 113 cm³/mol. The minimum absolute atomic E-state index is 0.196. The molecule has 1 heterocycles. The van der Waals surface area contributed by atoms with E-state index in [1.54, 1.807) is 12.1 Å². The molecule has 1 aliphatic heterocycles. The Balaban J connectivity index is 1.54. The number of hydrogen-bond acceptors (Lipinski definition) is 4. The van der Waals surface area contributed by atoms with Crippen molar-refractivity contribution < 1.29 is 17.9 Å². The molecular formula is C22H28N2O4S. The van der Waals surface area contributed by atoms with Crippen LogP contribution in [-0.4, -0.2) is 51.5 Å². The first-order valence-corrected chi connectivity index (χ1v) is 11.4. The zero-order valence-corrected chi connectivity index (χ0v) is 17.7. The van der Waals surface area contributed by atoms with Crippen LogP contribution in [0.1, 0.15) is 41.3 Å². The van der Waals surface area contributed by atoms with Gasteiger partial charge in [-0.25, -0.2) is 8.42 Å². The number of morpholine rings is 1. The van der Waals surface area contributed by atoms with E-state index in [1.807, 2.05) is 0 Å². The molecule has 1 N–H and O–H groups in total. The van der Waals surface area contributed by atoms with Crippen LogP contribution in [-0.2, 0) is 21.2 Å². The van der Waals surface area contributed by atoms with Crippen LogP contribution in [0, 0.1) is 0 Å². The third-order valence-electron chi connectivity index (χ3n) is 5.07. The van der Waals surface area contributed by atoms with Gasteiger partial charge < -0.3 is 10.1 Å². The zero-order valence-electron chi connectivity index (χ0n) is 16.9. The Hall–Kier alpha value is -2.22. The highest BCUT2D eigenvalue weighted by Gasteiger charge is 2.26. The van der Waals surface area contributed by atoms with Gasteiger partial charge in [0, 0.05) is 25.2 Å². The molecule has 1 saturated heterocycles. The van der Waals surface area contributed by atoms with Crippen molar-refractivity contribution in [3.8, 4) is 0 Å².